The van der Waals surface area contributed by atoms with Gasteiger partial charge >= 0.3 is 0 Å². The average molecular weight is 279 g/mol. The summed E-state index contributed by atoms with van der Waals surface area (Å²) in [4.78, 5) is 0. The van der Waals surface area contributed by atoms with Crippen LogP contribution in [0.3, 0.4) is 0 Å². The summed E-state index contributed by atoms with van der Waals surface area (Å²) in [5, 5.41) is 11.1. The molecular formula is C12H11BrN2O. The maximum Gasteiger partial charge on any atom is 0.0933 e. The SMILES string of the molecule is Nc1c(Br)cccc1N(O)c1ccccc1. The minimum Gasteiger partial charge on any atom is -0.396 e. The lowest BCUT2D eigenvalue weighted by atomic mass is 10.2. The van der Waals surface area contributed by atoms with Crippen molar-refractivity contribution in [3.05, 3.63) is 53.0 Å². The Morgan fingerprint density at radius 2 is 1.69 bits per heavy atom. The maximum atomic E-state index is 10.0. The molecule has 0 saturated carbocycles. The van der Waals surface area contributed by atoms with Gasteiger partial charge in [-0.1, -0.05) is 24.3 Å². The third-order valence-corrected chi connectivity index (χ3v) is 2.95. The quantitative estimate of drug-likeness (QED) is 0.652. The lowest BCUT2D eigenvalue weighted by molar-refractivity contribution is 0.301. The number of benzene rings is 2. The zero-order chi connectivity index (χ0) is 11.5. The van der Waals surface area contributed by atoms with Crippen molar-refractivity contribution in [1.82, 2.24) is 0 Å². The third-order valence-electron chi connectivity index (χ3n) is 2.26. The van der Waals surface area contributed by atoms with Crippen LogP contribution in [-0.2, 0) is 0 Å². The third kappa shape index (κ3) is 2.03. The number of para-hydroxylation sites is 2. The van der Waals surface area contributed by atoms with E-state index < -0.39 is 0 Å². The molecule has 0 aliphatic carbocycles. The molecule has 2 aromatic carbocycles. The fourth-order valence-corrected chi connectivity index (χ4v) is 1.77. The van der Waals surface area contributed by atoms with Crippen molar-refractivity contribution >= 4 is 33.0 Å². The number of nitrogen functional groups attached to an aromatic ring is 1. The van der Waals surface area contributed by atoms with Crippen LogP contribution in [0.25, 0.3) is 0 Å². The van der Waals surface area contributed by atoms with Gasteiger partial charge in [0, 0.05) is 4.47 Å². The molecule has 3 N–H and O–H groups in total. The first kappa shape index (κ1) is 11.0. The minimum atomic E-state index is 0.508. The Morgan fingerprint density at radius 3 is 2.38 bits per heavy atom. The first-order valence-electron chi connectivity index (χ1n) is 4.78. The molecule has 0 unspecified atom stereocenters. The Bertz CT molecular complexity index is 488. The van der Waals surface area contributed by atoms with Crippen LogP contribution in [0.1, 0.15) is 0 Å². The second-order valence-corrected chi connectivity index (χ2v) is 4.17. The normalized spacial score (nSPS) is 10.1. The van der Waals surface area contributed by atoms with Crippen molar-refractivity contribution in [1.29, 1.82) is 0 Å². The molecule has 0 heterocycles. The second kappa shape index (κ2) is 4.55. The zero-order valence-electron chi connectivity index (χ0n) is 8.47. The van der Waals surface area contributed by atoms with Gasteiger partial charge in [-0.2, -0.15) is 0 Å². The van der Waals surface area contributed by atoms with Crippen LogP contribution >= 0.6 is 15.9 Å². The van der Waals surface area contributed by atoms with E-state index in [9.17, 15) is 5.21 Å². The van der Waals surface area contributed by atoms with E-state index in [4.69, 9.17) is 5.73 Å². The van der Waals surface area contributed by atoms with Crippen LogP contribution in [0.2, 0.25) is 0 Å². The van der Waals surface area contributed by atoms with Gasteiger partial charge in [0.2, 0.25) is 0 Å². The Kier molecular flexibility index (Phi) is 3.12. The number of rotatable bonds is 2. The van der Waals surface area contributed by atoms with Crippen molar-refractivity contribution in [2.75, 3.05) is 10.8 Å². The van der Waals surface area contributed by atoms with E-state index >= 15 is 0 Å². The molecule has 0 aliphatic heterocycles. The molecule has 0 aliphatic rings. The van der Waals surface area contributed by atoms with Crippen molar-refractivity contribution in [2.45, 2.75) is 0 Å². The molecule has 0 fully saturated rings. The fraction of sp³-hybridized carbons (Fsp3) is 0. The number of halogens is 1. The van der Waals surface area contributed by atoms with Crippen LogP contribution in [0.15, 0.2) is 53.0 Å². The molecule has 0 radical (unpaired) electrons. The highest BCUT2D eigenvalue weighted by molar-refractivity contribution is 9.10. The Labute approximate surface area is 102 Å². The number of hydrogen-bond acceptors (Lipinski definition) is 3. The van der Waals surface area contributed by atoms with Crippen LogP contribution in [0.4, 0.5) is 17.1 Å². The summed E-state index contributed by atoms with van der Waals surface area (Å²) in [6, 6.07) is 14.6. The molecule has 0 bridgehead atoms. The first-order chi connectivity index (χ1) is 7.70. The zero-order valence-corrected chi connectivity index (χ0v) is 10.1. The molecule has 0 aromatic heterocycles. The second-order valence-electron chi connectivity index (χ2n) is 3.32. The number of nitrogens with zero attached hydrogens (tertiary/aromatic N) is 1. The van der Waals surface area contributed by atoms with E-state index in [1.165, 1.54) is 0 Å². The topological polar surface area (TPSA) is 49.5 Å². The number of hydrogen-bond donors (Lipinski definition) is 2. The molecule has 82 valence electrons. The van der Waals surface area contributed by atoms with E-state index in [1.54, 1.807) is 18.2 Å². The van der Waals surface area contributed by atoms with Crippen molar-refractivity contribution in [3.8, 4) is 0 Å². The Morgan fingerprint density at radius 1 is 1.00 bits per heavy atom. The lowest BCUT2D eigenvalue weighted by Gasteiger charge is -2.19. The van der Waals surface area contributed by atoms with Gasteiger partial charge in [0.15, 0.2) is 0 Å². The van der Waals surface area contributed by atoms with Crippen molar-refractivity contribution < 1.29 is 5.21 Å². The summed E-state index contributed by atoms with van der Waals surface area (Å²) in [6.07, 6.45) is 0. The van der Waals surface area contributed by atoms with Crippen molar-refractivity contribution in [3.63, 3.8) is 0 Å². The van der Waals surface area contributed by atoms with Gasteiger partial charge in [0.05, 0.1) is 17.1 Å². The molecule has 4 heteroatoms. The van der Waals surface area contributed by atoms with Crippen molar-refractivity contribution in [2.24, 2.45) is 0 Å². The van der Waals surface area contributed by atoms with E-state index in [0.29, 0.717) is 17.1 Å². The van der Waals surface area contributed by atoms with Crippen LogP contribution < -0.4 is 10.8 Å². The van der Waals surface area contributed by atoms with Gasteiger partial charge in [0.1, 0.15) is 0 Å². The molecular weight excluding hydrogens is 268 g/mol. The summed E-state index contributed by atoms with van der Waals surface area (Å²) < 4.78 is 0.764. The smallest absolute Gasteiger partial charge is 0.0933 e. The molecule has 0 amide bonds. The molecule has 0 saturated heterocycles. The highest BCUT2D eigenvalue weighted by atomic mass is 79.9. The van der Waals surface area contributed by atoms with Crippen LogP contribution in [-0.4, -0.2) is 5.21 Å². The van der Waals surface area contributed by atoms with E-state index in [2.05, 4.69) is 15.9 Å². The van der Waals surface area contributed by atoms with E-state index in [0.717, 1.165) is 9.54 Å². The van der Waals surface area contributed by atoms with Gasteiger partial charge in [-0.15, -0.1) is 0 Å². The molecule has 16 heavy (non-hydrogen) atoms. The first-order valence-corrected chi connectivity index (χ1v) is 5.57. The lowest BCUT2D eigenvalue weighted by Crippen LogP contribution is -2.12. The Hall–Kier alpha value is -1.52. The maximum absolute atomic E-state index is 10.0. The molecule has 3 nitrogen and oxygen atoms in total. The predicted octanol–water partition coefficient (Wildman–Crippen LogP) is 3.56. The van der Waals surface area contributed by atoms with Gasteiger partial charge in [-0.05, 0) is 40.2 Å². The number of nitrogens with two attached hydrogens (primary N) is 1. The minimum absolute atomic E-state index is 0.508. The van der Waals surface area contributed by atoms with Crippen LogP contribution in [0, 0.1) is 0 Å². The summed E-state index contributed by atoms with van der Waals surface area (Å²) >= 11 is 3.32. The summed E-state index contributed by atoms with van der Waals surface area (Å²) in [5.74, 6) is 0. The monoisotopic (exact) mass is 278 g/mol. The molecule has 2 aromatic rings. The highest BCUT2D eigenvalue weighted by Crippen LogP contribution is 2.33. The largest absolute Gasteiger partial charge is 0.396 e. The van der Waals surface area contributed by atoms with Gasteiger partial charge in [0.25, 0.3) is 0 Å². The number of anilines is 3. The summed E-state index contributed by atoms with van der Waals surface area (Å²) in [7, 11) is 0. The summed E-state index contributed by atoms with van der Waals surface area (Å²) in [5.41, 5.74) is 7.61. The van der Waals surface area contributed by atoms with Gasteiger partial charge < -0.3 is 5.73 Å². The standard InChI is InChI=1S/C12H11BrN2O/c13-10-7-4-8-11(12(10)14)15(16)9-5-2-1-3-6-9/h1-8,16H,14H2. The predicted molar refractivity (Wildman–Crippen MR) is 68.9 cm³/mol. The Balaban J connectivity index is 2.42. The van der Waals surface area contributed by atoms with Gasteiger partial charge in [-0.25, -0.2) is 5.06 Å². The molecule has 0 atom stereocenters. The molecule has 2 rings (SSSR count). The van der Waals surface area contributed by atoms with Gasteiger partial charge in [-0.3, -0.25) is 5.21 Å². The van der Waals surface area contributed by atoms with Crippen LogP contribution in [0.5, 0.6) is 0 Å². The average Bonchev–Trinajstić information content (AvgIpc) is 2.33. The van der Waals surface area contributed by atoms with E-state index in [1.807, 2.05) is 30.3 Å². The molecule has 0 spiro atoms. The highest BCUT2D eigenvalue weighted by Gasteiger charge is 2.10. The summed E-state index contributed by atoms with van der Waals surface area (Å²) in [6.45, 7) is 0. The van der Waals surface area contributed by atoms with E-state index in [-0.39, 0.29) is 0 Å². The fourth-order valence-electron chi connectivity index (χ4n) is 1.42.